The normalized spacial score (nSPS) is 19.6. The van der Waals surface area contributed by atoms with E-state index in [1.54, 1.807) is 42.5 Å². The van der Waals surface area contributed by atoms with Gasteiger partial charge in [-0.2, -0.15) is 0 Å². The van der Waals surface area contributed by atoms with Crippen molar-refractivity contribution in [1.29, 1.82) is 0 Å². The van der Waals surface area contributed by atoms with Crippen molar-refractivity contribution in [1.82, 2.24) is 10.2 Å². The van der Waals surface area contributed by atoms with Crippen molar-refractivity contribution in [3.63, 3.8) is 0 Å². The number of thioether (sulfide) groups is 1. The number of carbonyl (C=O) groups is 2. The molecule has 0 radical (unpaired) electrons. The van der Waals surface area contributed by atoms with Gasteiger partial charge in [0.15, 0.2) is 4.34 Å². The lowest BCUT2D eigenvalue weighted by atomic mass is 9.94. The third-order valence-electron chi connectivity index (χ3n) is 6.71. The van der Waals surface area contributed by atoms with Crippen molar-refractivity contribution < 1.29 is 19.4 Å². The number of anilines is 1. The second kappa shape index (κ2) is 10.9. The van der Waals surface area contributed by atoms with Crippen LogP contribution in [0.2, 0.25) is 10.0 Å². The number of carbonyl (C=O) groups excluding carboxylic acids is 2. The summed E-state index contributed by atoms with van der Waals surface area (Å²) in [6.45, 7) is 1.97. The number of ketones is 1. The number of ether oxygens (including phenoxy) is 1. The van der Waals surface area contributed by atoms with Crippen LogP contribution in [0.4, 0.5) is 5.13 Å². The van der Waals surface area contributed by atoms with Gasteiger partial charge in [-0.15, -0.1) is 10.2 Å². The predicted octanol–water partition coefficient (Wildman–Crippen LogP) is 7.09. The molecule has 4 aromatic rings. The lowest BCUT2D eigenvalue weighted by molar-refractivity contribution is -0.132. The molecule has 40 heavy (non-hydrogen) atoms. The first kappa shape index (κ1) is 26.8. The summed E-state index contributed by atoms with van der Waals surface area (Å²) in [5, 5.41) is 21.4. The maximum atomic E-state index is 13.5. The van der Waals surface area contributed by atoms with Crippen LogP contribution in [0.15, 0.2) is 76.6 Å². The summed E-state index contributed by atoms with van der Waals surface area (Å²) in [4.78, 5) is 28.2. The van der Waals surface area contributed by atoms with E-state index in [1.807, 2.05) is 31.2 Å². The number of hydrogen-bond acceptors (Lipinski definition) is 8. The third-order valence-corrected chi connectivity index (χ3v) is 9.44. The van der Waals surface area contributed by atoms with Gasteiger partial charge in [0.2, 0.25) is 5.13 Å². The number of fused-ring (bicyclic) bond motifs is 1. The fourth-order valence-electron chi connectivity index (χ4n) is 4.83. The summed E-state index contributed by atoms with van der Waals surface area (Å²) in [7, 11) is 0. The molecule has 7 nitrogen and oxygen atoms in total. The maximum absolute atomic E-state index is 13.5. The van der Waals surface area contributed by atoms with Crippen molar-refractivity contribution in [2.75, 3.05) is 4.90 Å². The highest BCUT2D eigenvalue weighted by Crippen LogP contribution is 2.45. The standard InChI is InChI=1S/C29H21Cl2N3O4S2/c1-15-12-19-13-17(8-11-22(19)38-15)25(35)23-24(16-6-9-20(30)10-7-16)34(27(37)26(23)36)28-32-33-29(40-28)39-14-18-4-2-3-5-21(18)31/h2-11,13,15,24,35H,12,14H2,1H3/b25-23+. The monoisotopic (exact) mass is 609 g/mol. The zero-order chi connectivity index (χ0) is 28.0. The number of aromatic nitrogens is 2. The number of hydrogen-bond donors (Lipinski definition) is 1. The Balaban J connectivity index is 1.39. The van der Waals surface area contributed by atoms with Gasteiger partial charge in [-0.1, -0.05) is 76.6 Å². The summed E-state index contributed by atoms with van der Waals surface area (Å²) in [5.74, 6) is -0.550. The molecule has 2 unspecified atom stereocenters. The van der Waals surface area contributed by atoms with Gasteiger partial charge in [-0.3, -0.25) is 14.5 Å². The fourth-order valence-corrected chi connectivity index (χ4v) is 7.11. The molecule has 0 spiro atoms. The average molecular weight is 611 g/mol. The summed E-state index contributed by atoms with van der Waals surface area (Å²) in [6, 6.07) is 18.7. The van der Waals surface area contributed by atoms with Crippen LogP contribution in [0.3, 0.4) is 0 Å². The summed E-state index contributed by atoms with van der Waals surface area (Å²) >= 11 is 15.0. The molecular formula is C29H21Cl2N3O4S2. The van der Waals surface area contributed by atoms with Gasteiger partial charge < -0.3 is 9.84 Å². The van der Waals surface area contributed by atoms with Crippen LogP contribution in [0.1, 0.15) is 35.2 Å². The lowest BCUT2D eigenvalue weighted by Crippen LogP contribution is -2.29. The van der Waals surface area contributed by atoms with Crippen molar-refractivity contribution in [2.24, 2.45) is 0 Å². The summed E-state index contributed by atoms with van der Waals surface area (Å²) < 4.78 is 6.39. The van der Waals surface area contributed by atoms with Crippen LogP contribution in [0.25, 0.3) is 5.76 Å². The Kier molecular flexibility index (Phi) is 7.31. The number of rotatable bonds is 6. The molecule has 2 atom stereocenters. The maximum Gasteiger partial charge on any atom is 0.301 e. The molecule has 1 amide bonds. The number of Topliss-reactive ketones (excluding diaryl/α,β-unsaturated/α-hetero) is 1. The molecule has 0 bridgehead atoms. The molecule has 3 heterocycles. The van der Waals surface area contributed by atoms with Crippen molar-refractivity contribution >= 4 is 68.9 Å². The summed E-state index contributed by atoms with van der Waals surface area (Å²) in [6.07, 6.45) is 0.708. The number of benzene rings is 3. The largest absolute Gasteiger partial charge is 0.507 e. The van der Waals surface area contributed by atoms with Crippen LogP contribution in [-0.4, -0.2) is 33.1 Å². The number of nitrogens with zero attached hydrogens (tertiary/aromatic N) is 3. The Hall–Kier alpha value is -3.37. The van der Waals surface area contributed by atoms with E-state index in [-0.39, 0.29) is 22.6 Å². The first-order valence-corrected chi connectivity index (χ1v) is 14.9. The van der Waals surface area contributed by atoms with Gasteiger partial charge in [0.1, 0.15) is 17.6 Å². The molecule has 1 saturated heterocycles. The minimum Gasteiger partial charge on any atom is -0.507 e. The van der Waals surface area contributed by atoms with E-state index >= 15 is 0 Å². The molecule has 1 N–H and O–H groups in total. The Labute approximate surface area is 248 Å². The number of aliphatic hydroxyl groups excluding tert-OH is 1. The van der Waals surface area contributed by atoms with Crippen LogP contribution in [-0.2, 0) is 21.8 Å². The smallest absolute Gasteiger partial charge is 0.301 e. The zero-order valence-corrected chi connectivity index (χ0v) is 24.2. The van der Waals surface area contributed by atoms with Crippen LogP contribution >= 0.6 is 46.3 Å². The van der Waals surface area contributed by atoms with Gasteiger partial charge >= 0.3 is 5.91 Å². The molecule has 3 aromatic carbocycles. The third kappa shape index (κ3) is 4.99. The second-order valence-electron chi connectivity index (χ2n) is 9.41. The minimum absolute atomic E-state index is 0.0226. The van der Waals surface area contributed by atoms with Crippen LogP contribution < -0.4 is 9.64 Å². The highest BCUT2D eigenvalue weighted by atomic mass is 35.5. The van der Waals surface area contributed by atoms with E-state index in [4.69, 9.17) is 27.9 Å². The molecule has 0 aliphatic carbocycles. The topological polar surface area (TPSA) is 92.6 Å². The molecule has 0 saturated carbocycles. The van der Waals surface area contributed by atoms with Gasteiger partial charge in [-0.25, -0.2) is 0 Å². The van der Waals surface area contributed by atoms with E-state index in [0.29, 0.717) is 37.7 Å². The molecule has 1 aromatic heterocycles. The van der Waals surface area contributed by atoms with E-state index in [9.17, 15) is 14.7 Å². The Morgan fingerprint density at radius 2 is 1.88 bits per heavy atom. The summed E-state index contributed by atoms with van der Waals surface area (Å²) in [5.41, 5.74) is 2.88. The van der Waals surface area contributed by atoms with E-state index in [0.717, 1.165) is 16.9 Å². The van der Waals surface area contributed by atoms with Gasteiger partial charge in [-0.05, 0) is 60.0 Å². The molecular weight excluding hydrogens is 589 g/mol. The van der Waals surface area contributed by atoms with Crippen molar-refractivity contribution in [3.8, 4) is 5.75 Å². The quantitative estimate of drug-likeness (QED) is 0.0820. The first-order valence-electron chi connectivity index (χ1n) is 12.4. The van der Waals surface area contributed by atoms with Crippen LogP contribution in [0.5, 0.6) is 5.75 Å². The number of aliphatic hydroxyl groups is 1. The molecule has 6 rings (SSSR count). The van der Waals surface area contributed by atoms with Crippen molar-refractivity contribution in [3.05, 3.63) is 105 Å². The number of amides is 1. The molecule has 2 aliphatic rings. The Bertz CT molecular complexity index is 1670. The lowest BCUT2D eigenvalue weighted by Gasteiger charge is -2.22. The molecule has 202 valence electrons. The SMILES string of the molecule is CC1Cc2cc(/C(O)=C3\C(=O)C(=O)N(c4nnc(SCc5ccccc5Cl)s4)C3c3ccc(Cl)cc3)ccc2O1. The number of halogens is 2. The zero-order valence-electron chi connectivity index (χ0n) is 21.0. The van der Waals surface area contributed by atoms with E-state index in [1.165, 1.54) is 28.0 Å². The average Bonchev–Trinajstić information content (AvgIpc) is 3.63. The second-order valence-corrected chi connectivity index (χ2v) is 12.4. The minimum atomic E-state index is -0.921. The van der Waals surface area contributed by atoms with Crippen LogP contribution in [0, 0.1) is 0 Å². The van der Waals surface area contributed by atoms with E-state index < -0.39 is 17.7 Å². The molecule has 2 aliphatic heterocycles. The molecule has 1 fully saturated rings. The van der Waals surface area contributed by atoms with Gasteiger partial charge in [0.05, 0.1) is 11.6 Å². The highest BCUT2D eigenvalue weighted by Gasteiger charge is 2.48. The van der Waals surface area contributed by atoms with E-state index in [2.05, 4.69) is 10.2 Å². The fraction of sp³-hybridized carbons (Fsp3) is 0.172. The van der Waals surface area contributed by atoms with Crippen molar-refractivity contribution in [2.45, 2.75) is 35.6 Å². The van der Waals surface area contributed by atoms with Gasteiger partial charge in [0.25, 0.3) is 5.78 Å². The first-order chi connectivity index (χ1) is 19.3. The Morgan fingerprint density at radius 3 is 2.65 bits per heavy atom. The molecule has 11 heteroatoms. The Morgan fingerprint density at radius 1 is 1.10 bits per heavy atom. The van der Waals surface area contributed by atoms with Gasteiger partial charge in [0, 0.05) is 27.8 Å². The highest BCUT2D eigenvalue weighted by molar-refractivity contribution is 8.00. The predicted molar refractivity (Wildman–Crippen MR) is 157 cm³/mol.